The van der Waals surface area contributed by atoms with Crippen molar-refractivity contribution in [1.82, 2.24) is 9.78 Å². The molecule has 0 atom stereocenters. The van der Waals surface area contributed by atoms with Gasteiger partial charge in [-0.15, -0.1) is 0 Å². The SMILES string of the molecule is Cc1cc(F)ccc1-n1nc(C(F)(F)F)cc1B(O)O. The fourth-order valence-electron chi connectivity index (χ4n) is 1.77. The van der Waals surface area contributed by atoms with Crippen LogP contribution in [0.3, 0.4) is 0 Å². The van der Waals surface area contributed by atoms with E-state index in [0.717, 1.165) is 16.8 Å². The van der Waals surface area contributed by atoms with Crippen molar-refractivity contribution in [1.29, 1.82) is 0 Å². The van der Waals surface area contributed by atoms with E-state index in [9.17, 15) is 17.6 Å². The summed E-state index contributed by atoms with van der Waals surface area (Å²) in [7, 11) is -2.14. The first kappa shape index (κ1) is 14.5. The first-order valence-electron chi connectivity index (χ1n) is 5.50. The monoisotopic (exact) mass is 288 g/mol. The van der Waals surface area contributed by atoms with Crippen LogP contribution in [0.25, 0.3) is 5.69 Å². The van der Waals surface area contributed by atoms with Crippen LogP contribution < -0.4 is 5.59 Å². The summed E-state index contributed by atoms with van der Waals surface area (Å²) in [6.45, 7) is 1.47. The molecule has 0 bridgehead atoms. The number of alkyl halides is 3. The molecule has 0 saturated carbocycles. The molecule has 0 unspecified atom stereocenters. The number of rotatable bonds is 2. The normalized spacial score (nSPS) is 11.8. The minimum atomic E-state index is -4.72. The van der Waals surface area contributed by atoms with E-state index in [4.69, 9.17) is 10.0 Å². The maximum Gasteiger partial charge on any atom is 0.508 e. The van der Waals surface area contributed by atoms with Gasteiger partial charge in [-0.25, -0.2) is 9.07 Å². The molecule has 0 aliphatic carbocycles. The molecule has 2 N–H and O–H groups in total. The van der Waals surface area contributed by atoms with Gasteiger partial charge in [-0.05, 0) is 36.8 Å². The van der Waals surface area contributed by atoms with Gasteiger partial charge < -0.3 is 10.0 Å². The van der Waals surface area contributed by atoms with Crippen molar-refractivity contribution in [2.45, 2.75) is 13.1 Å². The Labute approximate surface area is 111 Å². The third kappa shape index (κ3) is 2.68. The van der Waals surface area contributed by atoms with Gasteiger partial charge in [-0.1, -0.05) is 0 Å². The Morgan fingerprint density at radius 3 is 2.35 bits per heavy atom. The van der Waals surface area contributed by atoms with E-state index in [2.05, 4.69) is 5.10 Å². The molecule has 0 radical (unpaired) electrons. The second-order valence-corrected chi connectivity index (χ2v) is 4.17. The summed E-state index contributed by atoms with van der Waals surface area (Å²) in [5, 5.41) is 21.6. The van der Waals surface area contributed by atoms with Crippen LogP contribution in [0, 0.1) is 12.7 Å². The molecule has 2 rings (SSSR count). The topological polar surface area (TPSA) is 58.3 Å². The molecule has 4 nitrogen and oxygen atoms in total. The van der Waals surface area contributed by atoms with E-state index in [1.165, 1.54) is 13.0 Å². The summed E-state index contributed by atoms with van der Waals surface area (Å²) in [4.78, 5) is 0. The van der Waals surface area contributed by atoms with Crippen LogP contribution in [0.2, 0.25) is 0 Å². The molecule has 2 aromatic rings. The standard InChI is InChI=1S/C11H9BF4N2O2/c1-6-4-7(13)2-3-8(6)18-10(12(19)20)5-9(17-18)11(14,15)16/h2-5,19-20H,1H3. The Kier molecular flexibility index (Phi) is 3.57. The van der Waals surface area contributed by atoms with Gasteiger partial charge in [0.05, 0.1) is 11.3 Å². The molecular weight excluding hydrogens is 279 g/mol. The minimum Gasteiger partial charge on any atom is -0.422 e. The van der Waals surface area contributed by atoms with E-state index >= 15 is 0 Å². The molecular formula is C11H9BF4N2O2. The summed E-state index contributed by atoms with van der Waals surface area (Å²) in [6.07, 6.45) is -4.72. The smallest absolute Gasteiger partial charge is 0.422 e. The molecule has 20 heavy (non-hydrogen) atoms. The zero-order chi connectivity index (χ0) is 15.1. The number of hydrogen-bond donors (Lipinski definition) is 2. The van der Waals surface area contributed by atoms with Gasteiger partial charge in [0.15, 0.2) is 5.69 Å². The average Bonchev–Trinajstić information content (AvgIpc) is 2.73. The van der Waals surface area contributed by atoms with Gasteiger partial charge in [-0.3, -0.25) is 0 Å². The number of halogens is 4. The van der Waals surface area contributed by atoms with Gasteiger partial charge in [0, 0.05) is 0 Å². The summed E-state index contributed by atoms with van der Waals surface area (Å²) < 4.78 is 51.6. The van der Waals surface area contributed by atoms with Crippen molar-refractivity contribution in [3.8, 4) is 5.69 Å². The highest BCUT2D eigenvalue weighted by Crippen LogP contribution is 2.27. The lowest BCUT2D eigenvalue weighted by molar-refractivity contribution is -0.141. The lowest BCUT2D eigenvalue weighted by Gasteiger charge is -2.09. The van der Waals surface area contributed by atoms with Crippen molar-refractivity contribution < 1.29 is 27.6 Å². The van der Waals surface area contributed by atoms with Crippen molar-refractivity contribution in [3.05, 3.63) is 41.3 Å². The van der Waals surface area contributed by atoms with Crippen molar-refractivity contribution in [3.63, 3.8) is 0 Å². The number of aryl methyl sites for hydroxylation is 1. The van der Waals surface area contributed by atoms with Gasteiger partial charge in [-0.2, -0.15) is 18.3 Å². The van der Waals surface area contributed by atoms with Crippen LogP contribution >= 0.6 is 0 Å². The Morgan fingerprint density at radius 1 is 1.20 bits per heavy atom. The van der Waals surface area contributed by atoms with Crippen LogP contribution in [0.15, 0.2) is 24.3 Å². The van der Waals surface area contributed by atoms with Crippen LogP contribution in [0.5, 0.6) is 0 Å². The first-order valence-corrected chi connectivity index (χ1v) is 5.50. The number of benzene rings is 1. The zero-order valence-electron chi connectivity index (χ0n) is 10.2. The Hall–Kier alpha value is -1.87. The highest BCUT2D eigenvalue weighted by Gasteiger charge is 2.36. The molecule has 1 aromatic heterocycles. The lowest BCUT2D eigenvalue weighted by Crippen LogP contribution is -2.36. The van der Waals surface area contributed by atoms with Crippen molar-refractivity contribution >= 4 is 12.7 Å². The number of nitrogens with zero attached hydrogens (tertiary/aromatic N) is 2. The van der Waals surface area contributed by atoms with E-state index in [1.807, 2.05) is 0 Å². The lowest BCUT2D eigenvalue weighted by atomic mass is 9.85. The summed E-state index contributed by atoms with van der Waals surface area (Å²) in [6, 6.07) is 3.90. The Bertz CT molecular complexity index is 640. The molecule has 1 aromatic carbocycles. The second kappa shape index (κ2) is 4.91. The van der Waals surface area contributed by atoms with Crippen LogP contribution in [-0.2, 0) is 6.18 Å². The molecule has 0 amide bonds. The maximum atomic E-state index is 13.0. The van der Waals surface area contributed by atoms with Gasteiger partial charge >= 0.3 is 13.3 Å². The third-order valence-corrected chi connectivity index (χ3v) is 2.68. The molecule has 106 valence electrons. The highest BCUT2D eigenvalue weighted by molar-refractivity contribution is 6.57. The van der Waals surface area contributed by atoms with Gasteiger partial charge in [0.2, 0.25) is 0 Å². The zero-order valence-corrected chi connectivity index (χ0v) is 10.2. The summed E-state index contributed by atoms with van der Waals surface area (Å²) in [5.41, 5.74) is -1.27. The molecule has 0 saturated heterocycles. The molecule has 0 fully saturated rings. The molecule has 1 heterocycles. The highest BCUT2D eigenvalue weighted by atomic mass is 19.4. The fraction of sp³-hybridized carbons (Fsp3) is 0.182. The van der Waals surface area contributed by atoms with Crippen molar-refractivity contribution in [2.24, 2.45) is 0 Å². The molecule has 0 aliphatic rings. The van der Waals surface area contributed by atoms with E-state index < -0.39 is 30.4 Å². The third-order valence-electron chi connectivity index (χ3n) is 2.68. The average molecular weight is 288 g/mol. The molecule has 0 aliphatic heterocycles. The van der Waals surface area contributed by atoms with Crippen LogP contribution in [0.4, 0.5) is 17.6 Å². The van der Waals surface area contributed by atoms with Gasteiger partial charge in [0.25, 0.3) is 0 Å². The van der Waals surface area contributed by atoms with E-state index in [-0.39, 0.29) is 5.69 Å². The van der Waals surface area contributed by atoms with Crippen LogP contribution in [-0.4, -0.2) is 26.9 Å². The largest absolute Gasteiger partial charge is 0.508 e. The van der Waals surface area contributed by atoms with E-state index in [1.54, 1.807) is 0 Å². The van der Waals surface area contributed by atoms with Crippen molar-refractivity contribution in [2.75, 3.05) is 0 Å². The summed E-state index contributed by atoms with van der Waals surface area (Å²) in [5.74, 6) is -0.555. The Balaban J connectivity index is 2.63. The van der Waals surface area contributed by atoms with E-state index in [0.29, 0.717) is 11.6 Å². The quantitative estimate of drug-likeness (QED) is 0.640. The fourth-order valence-corrected chi connectivity index (χ4v) is 1.77. The summed E-state index contributed by atoms with van der Waals surface area (Å²) >= 11 is 0. The first-order chi connectivity index (χ1) is 9.20. The predicted molar refractivity (Wildman–Crippen MR) is 63.1 cm³/mol. The molecule has 9 heteroatoms. The second-order valence-electron chi connectivity index (χ2n) is 4.17. The minimum absolute atomic E-state index is 0.130. The molecule has 0 spiro atoms. The predicted octanol–water partition coefficient (Wildman–Crippen LogP) is 1.02. The maximum absolute atomic E-state index is 13.0. The Morgan fingerprint density at radius 2 is 1.85 bits per heavy atom. The van der Waals surface area contributed by atoms with Crippen LogP contribution in [0.1, 0.15) is 11.3 Å². The number of hydrogen-bond acceptors (Lipinski definition) is 3. The van der Waals surface area contributed by atoms with Gasteiger partial charge in [0.1, 0.15) is 5.82 Å². The number of aromatic nitrogens is 2.